The number of aliphatic hydroxyl groups is 1. The summed E-state index contributed by atoms with van der Waals surface area (Å²) in [5.41, 5.74) is 4.77. The molecule has 0 amide bonds. The number of benzene rings is 3. The highest BCUT2D eigenvalue weighted by Gasteiger charge is 2.39. The van der Waals surface area contributed by atoms with Crippen LogP contribution >= 0.6 is 0 Å². The first kappa shape index (κ1) is 49.0. The fraction of sp³-hybridized carbons (Fsp3) is 0.397. The molecular weight excluding hydrogens is 897 g/mol. The number of H-pyrrole nitrogens is 1. The van der Waals surface area contributed by atoms with Gasteiger partial charge in [-0.15, -0.1) is 0 Å². The highest BCUT2D eigenvalue weighted by Crippen LogP contribution is 2.48. The number of carbonyl (C=O) groups is 3. The van der Waals surface area contributed by atoms with Gasteiger partial charge >= 0.3 is 5.97 Å². The van der Waals surface area contributed by atoms with Crippen LogP contribution in [0.15, 0.2) is 121 Å². The average molecular weight is 963 g/mol. The Morgan fingerprint density at radius 2 is 1.69 bits per heavy atom. The van der Waals surface area contributed by atoms with Crippen LogP contribution in [0.2, 0.25) is 0 Å². The van der Waals surface area contributed by atoms with Gasteiger partial charge in [-0.05, 0) is 127 Å². The minimum absolute atomic E-state index is 0.0185. The lowest BCUT2D eigenvalue weighted by Crippen LogP contribution is -2.36. The smallest absolute Gasteiger partial charge is 0.302 e. The number of carbonyl (C=O) groups excluding carboxylic acids is 3. The van der Waals surface area contributed by atoms with E-state index < -0.39 is 40.6 Å². The van der Waals surface area contributed by atoms with Gasteiger partial charge in [-0.25, -0.2) is 0 Å². The summed E-state index contributed by atoms with van der Waals surface area (Å²) in [6, 6.07) is 13.7. The largest absolute Gasteiger partial charge is 0.508 e. The number of rotatable bonds is 8. The number of aromatic amines is 1. The number of methoxy groups -OCH3 is 1. The third-order valence-corrected chi connectivity index (χ3v) is 15.5. The summed E-state index contributed by atoms with van der Waals surface area (Å²) in [6.45, 7) is 5.97. The van der Waals surface area contributed by atoms with Crippen molar-refractivity contribution in [3.05, 3.63) is 149 Å². The molecule has 5 aromatic rings. The van der Waals surface area contributed by atoms with Gasteiger partial charge in [0.1, 0.15) is 29.2 Å². The minimum atomic E-state index is -1.11. The summed E-state index contributed by atoms with van der Waals surface area (Å²) in [4.78, 5) is 46.1. The number of aromatic nitrogens is 2. The highest BCUT2D eigenvalue weighted by molar-refractivity contribution is 5.98. The normalized spacial score (nSPS) is 23.7. The van der Waals surface area contributed by atoms with Gasteiger partial charge in [0, 0.05) is 80.8 Å². The molecule has 4 bridgehead atoms. The lowest BCUT2D eigenvalue weighted by Gasteiger charge is -2.38. The number of aromatic hydroxyl groups is 3. The van der Waals surface area contributed by atoms with Crippen molar-refractivity contribution in [2.75, 3.05) is 25.1 Å². The van der Waals surface area contributed by atoms with Gasteiger partial charge in [-0.2, -0.15) is 0 Å². The van der Waals surface area contributed by atoms with E-state index in [0.29, 0.717) is 57.2 Å². The molecule has 372 valence electrons. The molecule has 5 atom stereocenters. The van der Waals surface area contributed by atoms with Crippen LogP contribution in [0.3, 0.4) is 0 Å². The quantitative estimate of drug-likeness (QED) is 0.0642. The van der Waals surface area contributed by atoms with E-state index >= 15 is 0 Å². The molecule has 9 rings (SSSR count). The number of phenolic OH excluding ortho intramolecular Hbond substituents is 3. The Balaban J connectivity index is 1.27. The molecule has 0 radical (unpaired) electrons. The lowest BCUT2D eigenvalue weighted by atomic mass is 9.66. The predicted molar refractivity (Wildman–Crippen MR) is 274 cm³/mol. The van der Waals surface area contributed by atoms with E-state index in [4.69, 9.17) is 9.47 Å². The Bertz CT molecular complexity index is 2950. The molecule has 13 heteroatoms. The number of ether oxygens (including phenoxy) is 2. The number of anilines is 1. The monoisotopic (exact) mass is 962 g/mol. The minimum Gasteiger partial charge on any atom is -0.508 e. The summed E-state index contributed by atoms with van der Waals surface area (Å²) in [6.07, 6.45) is 25.5. The topological polar surface area (TPSA) is 187 Å². The molecule has 4 aliphatic rings. The first-order chi connectivity index (χ1) is 34.1. The number of esters is 1. The first-order valence-electron chi connectivity index (χ1n) is 25.0. The van der Waals surface area contributed by atoms with Crippen molar-refractivity contribution in [3.63, 3.8) is 0 Å². The molecule has 1 spiro atoms. The molecule has 1 saturated carbocycles. The number of dihydropyridines is 1. The number of hydrogen-bond acceptors (Lipinski definition) is 11. The van der Waals surface area contributed by atoms with Crippen LogP contribution < -0.4 is 15.0 Å². The number of phenols is 3. The molecule has 2 aliphatic carbocycles. The van der Waals surface area contributed by atoms with Crippen LogP contribution in [-0.4, -0.2) is 73.8 Å². The van der Waals surface area contributed by atoms with Gasteiger partial charge in [0.2, 0.25) is 5.75 Å². The zero-order chi connectivity index (χ0) is 50.0. The number of Topliss-reactive ketones (excluding diaryl/α,β-unsaturated/α-hetero) is 2. The van der Waals surface area contributed by atoms with Crippen LogP contribution in [0.5, 0.6) is 23.0 Å². The summed E-state index contributed by atoms with van der Waals surface area (Å²) in [5.74, 6) is -0.595. The van der Waals surface area contributed by atoms with Gasteiger partial charge in [-0.3, -0.25) is 14.4 Å². The average Bonchev–Trinajstić information content (AvgIpc) is 4.11. The molecule has 5 unspecified atom stereocenters. The SMILES string of the molecule is COc1cc(C2CC(=O)CC(OC(C)=O)CCC3(C=CC=CC3C)Cc3c[nH]cc3CC(c3cccc(O)c3)C3=CCNC(=C3)N(CCC(C)=O)c3ccc(C4(O)CCCC4)c4cn2cc34)cc(O)c1O. The maximum atomic E-state index is 14.8. The summed E-state index contributed by atoms with van der Waals surface area (Å²) < 4.78 is 13.5. The molecule has 0 saturated heterocycles. The molecule has 4 heterocycles. The van der Waals surface area contributed by atoms with E-state index in [1.165, 1.54) is 20.1 Å². The van der Waals surface area contributed by atoms with Crippen molar-refractivity contribution < 1.29 is 44.3 Å². The number of ketones is 2. The zero-order valence-electron chi connectivity index (χ0n) is 41.1. The van der Waals surface area contributed by atoms with E-state index in [1.807, 2.05) is 41.2 Å². The first-order valence-corrected chi connectivity index (χ1v) is 25.0. The van der Waals surface area contributed by atoms with E-state index in [9.17, 15) is 34.8 Å². The van der Waals surface area contributed by atoms with E-state index in [2.05, 4.69) is 77.0 Å². The van der Waals surface area contributed by atoms with Crippen molar-refractivity contribution in [1.82, 2.24) is 14.9 Å². The molecule has 6 N–H and O–H groups in total. The standard InChI is InChI=1S/C58H66N4O9/c1-36-10-5-6-18-57(36)21-15-46(71-38(3)64)29-45(66)30-52(41-26-53(67)56(68)54(27-41)70-4)61-34-48-49(35-61)51(14-13-50(48)58(69)19-7-8-20-58)62(23-17-37(2)63)55-28-40(16-22-60-55)47(39-11-9-12-44(65)24-39)25-42-32-59-33-43(42)31-57/h5-6,9-14,16,18,24,26-28,32-36,46-47,52,59-60,65,67-69H,7-8,15,17,19-23,25,29-31H2,1-4H3. The molecule has 71 heavy (non-hydrogen) atoms. The number of allylic oxidation sites excluding steroid dienone is 6. The molecule has 13 nitrogen and oxygen atoms in total. The third kappa shape index (κ3) is 10.3. The fourth-order valence-electron chi connectivity index (χ4n) is 11.6. The number of fused-ring (bicyclic) bond motifs is 3. The number of nitrogens with one attached hydrogen (secondary N) is 2. The van der Waals surface area contributed by atoms with Crippen molar-refractivity contribution in [2.45, 2.75) is 115 Å². The summed E-state index contributed by atoms with van der Waals surface area (Å²) in [5, 5.41) is 50.3. The second-order valence-corrected chi connectivity index (χ2v) is 20.2. The van der Waals surface area contributed by atoms with Crippen molar-refractivity contribution >= 4 is 34.0 Å². The van der Waals surface area contributed by atoms with Crippen LogP contribution in [-0.2, 0) is 37.6 Å². The van der Waals surface area contributed by atoms with Gasteiger partial charge in [0.05, 0.1) is 24.4 Å². The van der Waals surface area contributed by atoms with Crippen molar-refractivity contribution in [2.24, 2.45) is 11.3 Å². The second kappa shape index (κ2) is 20.4. The number of nitrogens with zero attached hydrogens (tertiary/aromatic N) is 2. The van der Waals surface area contributed by atoms with Gasteiger partial charge in [-0.1, -0.05) is 68.3 Å². The van der Waals surface area contributed by atoms with Crippen LogP contribution in [0.25, 0.3) is 10.8 Å². The third-order valence-electron chi connectivity index (χ3n) is 15.5. The van der Waals surface area contributed by atoms with Gasteiger partial charge < -0.3 is 49.7 Å². The zero-order valence-corrected chi connectivity index (χ0v) is 41.1. The van der Waals surface area contributed by atoms with Gasteiger partial charge in [0.25, 0.3) is 0 Å². The van der Waals surface area contributed by atoms with Crippen molar-refractivity contribution in [1.29, 1.82) is 0 Å². The Morgan fingerprint density at radius 1 is 0.901 bits per heavy atom. The summed E-state index contributed by atoms with van der Waals surface area (Å²) >= 11 is 0. The molecule has 3 aromatic carbocycles. The highest BCUT2D eigenvalue weighted by atomic mass is 16.5. The Labute approximate surface area is 415 Å². The molecule has 2 aromatic heterocycles. The Morgan fingerprint density at radius 3 is 2.44 bits per heavy atom. The summed E-state index contributed by atoms with van der Waals surface area (Å²) in [7, 11) is 1.39. The Hall–Kier alpha value is -6.99. The van der Waals surface area contributed by atoms with Gasteiger partial charge in [0.15, 0.2) is 11.5 Å². The van der Waals surface area contributed by atoms with E-state index in [0.717, 1.165) is 62.9 Å². The van der Waals surface area contributed by atoms with E-state index in [1.54, 1.807) is 19.1 Å². The maximum Gasteiger partial charge on any atom is 0.302 e. The lowest BCUT2D eigenvalue weighted by molar-refractivity contribution is -0.148. The van der Waals surface area contributed by atoms with Crippen LogP contribution in [0, 0.1) is 11.3 Å². The van der Waals surface area contributed by atoms with E-state index in [-0.39, 0.29) is 54.2 Å². The molecule has 2 aliphatic heterocycles. The second-order valence-electron chi connectivity index (χ2n) is 20.2. The van der Waals surface area contributed by atoms with Crippen LogP contribution in [0.4, 0.5) is 5.69 Å². The molecule has 1 fully saturated rings. The Kier molecular flexibility index (Phi) is 14.1. The fourth-order valence-corrected chi connectivity index (χ4v) is 11.6. The number of hydrogen-bond donors (Lipinski definition) is 6. The maximum absolute atomic E-state index is 14.8. The van der Waals surface area contributed by atoms with Crippen LogP contribution in [0.1, 0.15) is 118 Å². The predicted octanol–water partition coefficient (Wildman–Crippen LogP) is 9.99. The molecular formula is C58H66N4O9. The van der Waals surface area contributed by atoms with Crippen molar-refractivity contribution in [3.8, 4) is 23.0 Å².